The van der Waals surface area contributed by atoms with E-state index in [9.17, 15) is 4.79 Å². The van der Waals surface area contributed by atoms with Crippen LogP contribution in [-0.4, -0.2) is 18.3 Å². The van der Waals surface area contributed by atoms with E-state index in [-0.39, 0.29) is 5.97 Å². The van der Waals surface area contributed by atoms with Crippen LogP contribution in [0.5, 0.6) is 0 Å². The van der Waals surface area contributed by atoms with Crippen LogP contribution in [0, 0.1) is 0 Å². The van der Waals surface area contributed by atoms with Gasteiger partial charge in [0.1, 0.15) is 0 Å². The number of unbranched alkanes of at least 4 members (excludes halogenated alkanes) is 1. The first-order valence-electron chi connectivity index (χ1n) is 5.76. The third kappa shape index (κ3) is 5.59. The Morgan fingerprint density at radius 1 is 1.35 bits per heavy atom. The molecule has 0 saturated heterocycles. The van der Waals surface area contributed by atoms with Crippen LogP contribution in [0.2, 0.25) is 0 Å². The van der Waals surface area contributed by atoms with Crippen LogP contribution >= 0.6 is 11.8 Å². The van der Waals surface area contributed by atoms with Crippen molar-refractivity contribution < 1.29 is 9.53 Å². The van der Waals surface area contributed by atoms with Crippen LogP contribution in [0.15, 0.2) is 47.4 Å². The van der Waals surface area contributed by atoms with Crippen molar-refractivity contribution in [1.29, 1.82) is 0 Å². The summed E-state index contributed by atoms with van der Waals surface area (Å²) in [5.74, 6) is 0.302. The van der Waals surface area contributed by atoms with Gasteiger partial charge in [0.15, 0.2) is 0 Å². The van der Waals surface area contributed by atoms with Gasteiger partial charge in [-0.05, 0) is 18.6 Å². The van der Waals surface area contributed by atoms with Crippen molar-refractivity contribution in [2.45, 2.75) is 24.7 Å². The summed E-state index contributed by atoms with van der Waals surface area (Å²) >= 11 is 1.60. The fourth-order valence-electron chi connectivity index (χ4n) is 1.16. The van der Waals surface area contributed by atoms with Gasteiger partial charge in [0, 0.05) is 16.2 Å². The van der Waals surface area contributed by atoms with Crippen molar-refractivity contribution in [3.05, 3.63) is 42.5 Å². The molecular weight excluding hydrogens is 232 g/mol. The molecule has 0 saturated carbocycles. The summed E-state index contributed by atoms with van der Waals surface area (Å²) < 4.78 is 5.08. The topological polar surface area (TPSA) is 26.3 Å². The van der Waals surface area contributed by atoms with Crippen molar-refractivity contribution >= 4 is 17.7 Å². The highest BCUT2D eigenvalue weighted by molar-refractivity contribution is 7.99. The minimum absolute atomic E-state index is 0.276. The summed E-state index contributed by atoms with van der Waals surface area (Å²) in [6.45, 7) is 6.31. The SMILES string of the molecule is C=C(CSc1ccccc1)C(=O)OCCCC. The molecule has 92 valence electrons. The van der Waals surface area contributed by atoms with E-state index in [1.165, 1.54) is 0 Å². The third-order valence-corrected chi connectivity index (χ3v) is 3.27. The maximum absolute atomic E-state index is 11.5. The Balaban J connectivity index is 2.27. The number of carbonyl (C=O) groups is 1. The molecule has 0 heterocycles. The minimum atomic E-state index is -0.276. The van der Waals surface area contributed by atoms with Gasteiger partial charge >= 0.3 is 5.97 Å². The lowest BCUT2D eigenvalue weighted by Crippen LogP contribution is -2.09. The Morgan fingerprint density at radius 2 is 2.06 bits per heavy atom. The summed E-state index contributed by atoms with van der Waals surface area (Å²) in [6.07, 6.45) is 1.93. The van der Waals surface area contributed by atoms with Crippen molar-refractivity contribution in [3.8, 4) is 0 Å². The van der Waals surface area contributed by atoms with E-state index in [1.807, 2.05) is 30.3 Å². The maximum atomic E-state index is 11.5. The molecule has 1 aromatic carbocycles. The third-order valence-electron chi connectivity index (χ3n) is 2.18. The second-order valence-corrected chi connectivity index (χ2v) is 4.74. The molecule has 0 aliphatic rings. The molecule has 0 radical (unpaired) electrons. The molecule has 0 spiro atoms. The lowest BCUT2D eigenvalue weighted by molar-refractivity contribution is -0.138. The lowest BCUT2D eigenvalue weighted by atomic mass is 10.3. The van der Waals surface area contributed by atoms with Crippen molar-refractivity contribution in [2.24, 2.45) is 0 Å². The number of thioether (sulfide) groups is 1. The van der Waals surface area contributed by atoms with Crippen LogP contribution in [0.1, 0.15) is 19.8 Å². The molecular formula is C14H18O2S. The van der Waals surface area contributed by atoms with E-state index < -0.39 is 0 Å². The van der Waals surface area contributed by atoms with Gasteiger partial charge in [-0.15, -0.1) is 11.8 Å². The van der Waals surface area contributed by atoms with Crippen LogP contribution < -0.4 is 0 Å². The first-order valence-corrected chi connectivity index (χ1v) is 6.75. The Morgan fingerprint density at radius 3 is 2.71 bits per heavy atom. The molecule has 3 heteroatoms. The van der Waals surface area contributed by atoms with E-state index in [4.69, 9.17) is 4.74 Å². The zero-order valence-electron chi connectivity index (χ0n) is 10.1. The monoisotopic (exact) mass is 250 g/mol. The van der Waals surface area contributed by atoms with Crippen LogP contribution in [0.3, 0.4) is 0 Å². The molecule has 0 aliphatic carbocycles. The smallest absolute Gasteiger partial charge is 0.334 e. The van der Waals surface area contributed by atoms with Crippen LogP contribution in [0.25, 0.3) is 0 Å². The number of carbonyl (C=O) groups excluding carboxylic acids is 1. The lowest BCUT2D eigenvalue weighted by Gasteiger charge is -2.06. The van der Waals surface area contributed by atoms with Gasteiger partial charge in [-0.3, -0.25) is 0 Å². The quantitative estimate of drug-likeness (QED) is 0.319. The molecule has 0 atom stereocenters. The van der Waals surface area contributed by atoms with Gasteiger partial charge in [0.05, 0.1) is 6.61 Å². The second kappa shape index (κ2) is 7.96. The number of benzene rings is 1. The number of hydrogen-bond donors (Lipinski definition) is 0. The molecule has 0 amide bonds. The number of hydrogen-bond acceptors (Lipinski definition) is 3. The van der Waals surface area contributed by atoms with E-state index in [2.05, 4.69) is 13.5 Å². The van der Waals surface area contributed by atoms with E-state index in [0.717, 1.165) is 17.7 Å². The molecule has 0 fully saturated rings. The summed E-state index contributed by atoms with van der Waals surface area (Å²) in [5.41, 5.74) is 0.523. The number of esters is 1. The van der Waals surface area contributed by atoms with Gasteiger partial charge in [0.25, 0.3) is 0 Å². The minimum Gasteiger partial charge on any atom is -0.462 e. The average molecular weight is 250 g/mol. The van der Waals surface area contributed by atoms with E-state index in [0.29, 0.717) is 17.9 Å². The highest BCUT2D eigenvalue weighted by Gasteiger charge is 2.08. The fourth-order valence-corrected chi connectivity index (χ4v) is 1.97. The Labute approximate surface area is 107 Å². The van der Waals surface area contributed by atoms with Gasteiger partial charge in [0.2, 0.25) is 0 Å². The van der Waals surface area contributed by atoms with Crippen molar-refractivity contribution in [2.75, 3.05) is 12.4 Å². The first kappa shape index (κ1) is 13.8. The van der Waals surface area contributed by atoms with Crippen LogP contribution in [0.4, 0.5) is 0 Å². The molecule has 2 nitrogen and oxygen atoms in total. The van der Waals surface area contributed by atoms with Crippen molar-refractivity contribution in [1.82, 2.24) is 0 Å². The second-order valence-electron chi connectivity index (χ2n) is 3.69. The zero-order valence-corrected chi connectivity index (χ0v) is 11.0. The Hall–Kier alpha value is -1.22. The highest BCUT2D eigenvalue weighted by atomic mass is 32.2. The molecule has 1 rings (SSSR count). The standard InChI is InChI=1S/C14H18O2S/c1-3-4-10-16-14(15)12(2)11-17-13-8-6-5-7-9-13/h5-9H,2-4,10-11H2,1H3. The van der Waals surface area contributed by atoms with Gasteiger partial charge in [-0.25, -0.2) is 4.79 Å². The summed E-state index contributed by atoms with van der Waals surface area (Å²) in [7, 11) is 0. The molecule has 0 bridgehead atoms. The van der Waals surface area contributed by atoms with Gasteiger partial charge < -0.3 is 4.74 Å². The molecule has 1 aromatic rings. The molecule has 17 heavy (non-hydrogen) atoms. The zero-order chi connectivity index (χ0) is 12.5. The average Bonchev–Trinajstić information content (AvgIpc) is 2.37. The summed E-state index contributed by atoms with van der Waals surface area (Å²) in [4.78, 5) is 12.6. The van der Waals surface area contributed by atoms with Crippen LogP contribution in [-0.2, 0) is 9.53 Å². The fraction of sp³-hybridized carbons (Fsp3) is 0.357. The Bertz CT molecular complexity index is 360. The van der Waals surface area contributed by atoms with Gasteiger partial charge in [-0.1, -0.05) is 38.1 Å². The van der Waals surface area contributed by atoms with E-state index in [1.54, 1.807) is 11.8 Å². The number of ether oxygens (including phenoxy) is 1. The number of rotatable bonds is 7. The molecule has 0 N–H and O–H groups in total. The van der Waals surface area contributed by atoms with E-state index >= 15 is 0 Å². The Kier molecular flexibility index (Phi) is 6.48. The molecule has 0 unspecified atom stereocenters. The maximum Gasteiger partial charge on any atom is 0.334 e. The largest absolute Gasteiger partial charge is 0.462 e. The summed E-state index contributed by atoms with van der Waals surface area (Å²) in [6, 6.07) is 9.95. The first-order chi connectivity index (χ1) is 8.24. The normalized spacial score (nSPS) is 9.94. The predicted molar refractivity (Wildman–Crippen MR) is 72.2 cm³/mol. The molecule has 0 aliphatic heterocycles. The highest BCUT2D eigenvalue weighted by Crippen LogP contribution is 2.19. The van der Waals surface area contributed by atoms with Crippen molar-refractivity contribution in [3.63, 3.8) is 0 Å². The molecule has 0 aromatic heterocycles. The predicted octanol–water partition coefficient (Wildman–Crippen LogP) is 3.68. The van der Waals surface area contributed by atoms with Gasteiger partial charge in [-0.2, -0.15) is 0 Å². The summed E-state index contributed by atoms with van der Waals surface area (Å²) in [5, 5.41) is 0.